The molecule has 15 rings (SSSR count). The number of hydrogen-bond acceptors (Lipinski definition) is 2. The normalized spacial score (nSPS) is 15.8. The molecule has 62 heavy (non-hydrogen) atoms. The van der Waals surface area contributed by atoms with Crippen LogP contribution in [0.1, 0.15) is 58.4 Å². The zero-order chi connectivity index (χ0) is 40.8. The van der Waals surface area contributed by atoms with Crippen LogP contribution < -0.4 is 4.90 Å². The third-order valence-corrected chi connectivity index (χ3v) is 16.8. The fourth-order valence-corrected chi connectivity index (χ4v) is 14.2. The van der Waals surface area contributed by atoms with Crippen molar-refractivity contribution in [2.24, 2.45) is 7.05 Å². The van der Waals surface area contributed by atoms with E-state index < -0.39 is 5.41 Å². The second-order valence-corrected chi connectivity index (χ2v) is 19.8. The van der Waals surface area contributed by atoms with Gasteiger partial charge in [-0.2, -0.15) is 0 Å². The maximum Gasteiger partial charge on any atom is 0.0733 e. The van der Waals surface area contributed by atoms with Crippen molar-refractivity contribution in [1.82, 2.24) is 4.57 Å². The van der Waals surface area contributed by atoms with E-state index in [2.05, 4.69) is 194 Å². The number of anilines is 3. The summed E-state index contributed by atoms with van der Waals surface area (Å²) < 4.78 is 5.23. The predicted molar refractivity (Wildman–Crippen MR) is 261 cm³/mol. The lowest BCUT2D eigenvalue weighted by atomic mass is 9.61. The molecule has 0 saturated heterocycles. The van der Waals surface area contributed by atoms with Gasteiger partial charge in [0.05, 0.1) is 33.5 Å². The van der Waals surface area contributed by atoms with Gasteiger partial charge in [-0.05, 0) is 115 Å². The van der Waals surface area contributed by atoms with E-state index in [0.29, 0.717) is 0 Å². The third-order valence-electron chi connectivity index (χ3n) is 15.6. The van der Waals surface area contributed by atoms with Gasteiger partial charge in [0, 0.05) is 49.0 Å². The predicted octanol–water partition coefficient (Wildman–Crippen LogP) is 15.4. The second-order valence-electron chi connectivity index (χ2n) is 18.7. The number of benzene rings is 9. The minimum absolute atomic E-state index is 0.193. The fourth-order valence-electron chi connectivity index (χ4n) is 13.1. The van der Waals surface area contributed by atoms with Crippen molar-refractivity contribution in [1.29, 1.82) is 0 Å². The van der Waals surface area contributed by atoms with E-state index in [-0.39, 0.29) is 5.41 Å². The van der Waals surface area contributed by atoms with Crippen LogP contribution >= 0.6 is 11.3 Å². The molecule has 3 heterocycles. The van der Waals surface area contributed by atoms with E-state index in [1.54, 1.807) is 0 Å². The Morgan fingerprint density at radius 3 is 1.89 bits per heavy atom. The average molecular weight is 809 g/mol. The molecule has 4 aliphatic rings. The monoisotopic (exact) mass is 808 g/mol. The third kappa shape index (κ3) is 3.78. The Bertz CT molecular complexity index is 3820. The highest BCUT2D eigenvalue weighted by Gasteiger charge is 2.51. The molecule has 0 atom stereocenters. The molecule has 0 N–H and O–H groups in total. The Morgan fingerprint density at radius 1 is 0.435 bits per heavy atom. The van der Waals surface area contributed by atoms with Gasteiger partial charge in [0.15, 0.2) is 0 Å². The lowest BCUT2D eigenvalue weighted by Crippen LogP contribution is -2.32. The van der Waals surface area contributed by atoms with Crippen molar-refractivity contribution >= 4 is 81.1 Å². The molecule has 0 saturated carbocycles. The summed E-state index contributed by atoms with van der Waals surface area (Å²) in [6, 6.07) is 63.3. The smallest absolute Gasteiger partial charge is 0.0733 e. The summed E-state index contributed by atoms with van der Waals surface area (Å²) in [5, 5.41) is 8.21. The molecule has 0 fully saturated rings. The minimum Gasteiger partial charge on any atom is -0.341 e. The lowest BCUT2D eigenvalue weighted by Gasteiger charge is -2.42. The zero-order valence-corrected chi connectivity index (χ0v) is 35.6. The topological polar surface area (TPSA) is 8.17 Å². The van der Waals surface area contributed by atoms with E-state index in [1.807, 2.05) is 11.3 Å². The SMILES string of the molecule is Cn1c2c(N3c4ccccc4C(C)(C)c4cc5c(cc43)sc3ccccc35)cccc2c2ccc3c(c21)-c1ccc2c4c(ccc(c14)C31c3ccccc3-c3ccccc31)CC2. The molecule has 1 aliphatic heterocycles. The summed E-state index contributed by atoms with van der Waals surface area (Å²) in [5.41, 5.74) is 22.4. The van der Waals surface area contributed by atoms with Gasteiger partial charge in [-0.1, -0.05) is 147 Å². The summed E-state index contributed by atoms with van der Waals surface area (Å²) in [6.07, 6.45) is 2.21. The van der Waals surface area contributed by atoms with E-state index in [1.165, 1.54) is 137 Å². The van der Waals surface area contributed by atoms with Crippen molar-refractivity contribution < 1.29 is 0 Å². The van der Waals surface area contributed by atoms with Gasteiger partial charge in [-0.15, -0.1) is 11.3 Å². The largest absolute Gasteiger partial charge is 0.341 e. The first kappa shape index (κ1) is 33.7. The minimum atomic E-state index is -0.450. The average Bonchev–Trinajstić information content (AvgIpc) is 4.06. The van der Waals surface area contributed by atoms with Crippen molar-refractivity contribution in [3.63, 3.8) is 0 Å². The fraction of sp³-hybridized carbons (Fsp3) is 0.119. The summed E-state index contributed by atoms with van der Waals surface area (Å²) in [4.78, 5) is 2.59. The van der Waals surface area contributed by atoms with Crippen LogP contribution in [0.15, 0.2) is 164 Å². The van der Waals surface area contributed by atoms with Crippen molar-refractivity contribution in [3.8, 4) is 22.3 Å². The van der Waals surface area contributed by atoms with E-state index >= 15 is 0 Å². The molecular formula is C59H40N2S. The Kier molecular flexibility index (Phi) is 6.15. The molecule has 1 spiro atoms. The van der Waals surface area contributed by atoms with Crippen LogP contribution in [0.5, 0.6) is 0 Å². The van der Waals surface area contributed by atoms with Gasteiger partial charge in [-0.3, -0.25) is 0 Å². The number of aromatic nitrogens is 1. The highest BCUT2D eigenvalue weighted by molar-refractivity contribution is 7.25. The molecule has 2 nitrogen and oxygen atoms in total. The Hall–Kier alpha value is -6.94. The second kappa shape index (κ2) is 11.3. The summed E-state index contributed by atoms with van der Waals surface area (Å²) in [5.74, 6) is 0. The van der Waals surface area contributed by atoms with E-state index in [4.69, 9.17) is 0 Å². The molecule has 0 bridgehead atoms. The maximum absolute atomic E-state index is 2.59. The van der Waals surface area contributed by atoms with Crippen LogP contribution in [0, 0.1) is 0 Å². The number of aryl methyl sites for hydroxylation is 3. The van der Waals surface area contributed by atoms with Crippen LogP contribution in [-0.2, 0) is 30.7 Å². The van der Waals surface area contributed by atoms with Gasteiger partial charge in [0.2, 0.25) is 0 Å². The Labute approximate surface area is 363 Å². The molecule has 3 aliphatic carbocycles. The van der Waals surface area contributed by atoms with E-state index in [0.717, 1.165) is 12.8 Å². The molecule has 0 unspecified atom stereocenters. The van der Waals surface area contributed by atoms with Crippen LogP contribution in [0.25, 0.3) is 75.0 Å². The quantitative estimate of drug-likeness (QED) is 0.160. The van der Waals surface area contributed by atoms with Gasteiger partial charge >= 0.3 is 0 Å². The van der Waals surface area contributed by atoms with Crippen LogP contribution in [-0.4, -0.2) is 4.57 Å². The van der Waals surface area contributed by atoms with Gasteiger partial charge in [-0.25, -0.2) is 0 Å². The number of para-hydroxylation sites is 2. The molecule has 2 aromatic heterocycles. The van der Waals surface area contributed by atoms with Crippen molar-refractivity contribution in [2.75, 3.05) is 4.90 Å². The van der Waals surface area contributed by atoms with Crippen LogP contribution in [0.2, 0.25) is 0 Å². The molecule has 0 amide bonds. The molecule has 292 valence electrons. The number of thiophene rings is 1. The summed E-state index contributed by atoms with van der Waals surface area (Å²) >= 11 is 1.91. The zero-order valence-electron chi connectivity index (χ0n) is 34.8. The number of rotatable bonds is 1. The molecule has 0 radical (unpaired) electrons. The van der Waals surface area contributed by atoms with Crippen molar-refractivity contribution in [3.05, 3.63) is 208 Å². The van der Waals surface area contributed by atoms with Gasteiger partial charge in [0.25, 0.3) is 0 Å². The maximum atomic E-state index is 2.59. The van der Waals surface area contributed by atoms with E-state index in [9.17, 15) is 0 Å². The number of fused-ring (bicyclic) bond motifs is 18. The standard InChI is InChI=1S/C59H40N2S/c1-58(2)44-19-9-10-20-48(44)61(50-32-52-41(31-47(50)58)37-15-6-11-22-51(37)62-52)49-21-12-16-38-39-28-30-46-55(57(39)60(3)56(38)49)40-27-25-33-23-24-34-26-29-45(54(40)53(33)34)59(46)42-17-7-4-13-35(42)36-14-5-8-18-43(36)59/h4-22,25-32H,23-24H2,1-3H3. The molecule has 3 heteroatoms. The number of nitrogens with zero attached hydrogens (tertiary/aromatic N) is 2. The lowest BCUT2D eigenvalue weighted by molar-refractivity contribution is 0.633. The van der Waals surface area contributed by atoms with Crippen LogP contribution in [0.3, 0.4) is 0 Å². The molecule has 11 aromatic rings. The summed E-state index contributed by atoms with van der Waals surface area (Å²) in [7, 11) is 2.34. The number of hydrogen-bond donors (Lipinski definition) is 0. The Morgan fingerprint density at radius 2 is 1.08 bits per heavy atom. The summed E-state index contributed by atoms with van der Waals surface area (Å²) in [6.45, 7) is 4.82. The Balaban J connectivity index is 1.08. The molecule has 9 aromatic carbocycles. The first-order valence-electron chi connectivity index (χ1n) is 22.1. The highest BCUT2D eigenvalue weighted by atomic mass is 32.1. The van der Waals surface area contributed by atoms with Gasteiger partial charge < -0.3 is 9.47 Å². The first-order chi connectivity index (χ1) is 30.4. The first-order valence-corrected chi connectivity index (χ1v) is 22.9. The van der Waals surface area contributed by atoms with Gasteiger partial charge in [0.1, 0.15) is 0 Å². The van der Waals surface area contributed by atoms with Crippen molar-refractivity contribution in [2.45, 2.75) is 37.5 Å². The highest BCUT2D eigenvalue weighted by Crippen LogP contribution is 2.64. The van der Waals surface area contributed by atoms with Crippen LogP contribution in [0.4, 0.5) is 17.1 Å². The molecular weight excluding hydrogens is 769 g/mol.